The normalized spacial score (nSPS) is 16.6. The number of hydrogen-bond acceptors (Lipinski definition) is 6. The van der Waals surface area contributed by atoms with Gasteiger partial charge < -0.3 is 15.4 Å². The first kappa shape index (κ1) is 19.1. The minimum absolute atomic E-state index is 0.122. The summed E-state index contributed by atoms with van der Waals surface area (Å²) in [6.07, 6.45) is -4.16. The first-order valence-corrected chi connectivity index (χ1v) is 9.43. The van der Waals surface area contributed by atoms with Crippen molar-refractivity contribution in [2.45, 2.75) is 18.8 Å². The van der Waals surface area contributed by atoms with Crippen LogP contribution in [0.3, 0.4) is 0 Å². The monoisotopic (exact) mass is 428 g/mol. The standard InChI is InChI=1S/C20H15F3N6O2/c21-20(22,23)31-12-7-5-11(6-8-12)16-27-17-13-3-1-2-4-14(13)25-19(29(17)28-16)26-15-9-10-24-18(15)30/h1-8,15H,9-10H2,(H,24,30)(H,25,26)/t15-/m1/s1. The first-order chi connectivity index (χ1) is 14.9. The number of amides is 1. The van der Waals surface area contributed by atoms with Gasteiger partial charge in [0.25, 0.3) is 0 Å². The average molecular weight is 428 g/mol. The molecule has 8 nitrogen and oxygen atoms in total. The maximum Gasteiger partial charge on any atom is 0.573 e. The van der Waals surface area contributed by atoms with E-state index in [2.05, 4.69) is 30.4 Å². The zero-order valence-corrected chi connectivity index (χ0v) is 15.8. The van der Waals surface area contributed by atoms with Crippen LogP contribution in [0.5, 0.6) is 5.75 Å². The van der Waals surface area contributed by atoms with Gasteiger partial charge in [0.15, 0.2) is 11.5 Å². The van der Waals surface area contributed by atoms with Crippen LogP contribution in [0.2, 0.25) is 0 Å². The molecule has 4 aromatic rings. The number of para-hydroxylation sites is 1. The number of benzene rings is 2. The largest absolute Gasteiger partial charge is 0.573 e. The summed E-state index contributed by atoms with van der Waals surface area (Å²) >= 11 is 0. The van der Waals surface area contributed by atoms with Gasteiger partial charge >= 0.3 is 6.36 Å². The zero-order valence-electron chi connectivity index (χ0n) is 15.8. The fourth-order valence-corrected chi connectivity index (χ4v) is 3.46. The number of carbonyl (C=O) groups is 1. The van der Waals surface area contributed by atoms with E-state index in [0.717, 1.165) is 5.39 Å². The van der Waals surface area contributed by atoms with E-state index in [9.17, 15) is 18.0 Å². The summed E-state index contributed by atoms with van der Waals surface area (Å²) in [6, 6.07) is 12.2. The number of aromatic nitrogens is 4. The van der Waals surface area contributed by atoms with E-state index < -0.39 is 12.4 Å². The molecular formula is C20H15F3N6O2. The Morgan fingerprint density at radius 1 is 1.10 bits per heavy atom. The highest BCUT2D eigenvalue weighted by Crippen LogP contribution is 2.28. The maximum atomic E-state index is 12.4. The summed E-state index contributed by atoms with van der Waals surface area (Å²) < 4.78 is 42.6. The van der Waals surface area contributed by atoms with Gasteiger partial charge in [0.05, 0.1) is 5.52 Å². The third-order valence-electron chi connectivity index (χ3n) is 4.88. The van der Waals surface area contributed by atoms with Crippen LogP contribution < -0.4 is 15.4 Å². The van der Waals surface area contributed by atoms with E-state index in [4.69, 9.17) is 0 Å². The Morgan fingerprint density at radius 2 is 1.87 bits per heavy atom. The molecule has 0 radical (unpaired) electrons. The third kappa shape index (κ3) is 3.69. The van der Waals surface area contributed by atoms with Crippen LogP contribution in [0.1, 0.15) is 6.42 Å². The van der Waals surface area contributed by atoms with E-state index in [1.807, 2.05) is 24.3 Å². The maximum absolute atomic E-state index is 12.4. The Bertz CT molecular complexity index is 1290. The molecule has 3 heterocycles. The predicted molar refractivity (Wildman–Crippen MR) is 105 cm³/mol. The SMILES string of the molecule is O=C1NCC[C@H]1Nc1nc2ccccc2c2nc(-c3ccc(OC(F)(F)F)cc3)nn12. The highest BCUT2D eigenvalue weighted by Gasteiger charge is 2.31. The lowest BCUT2D eigenvalue weighted by Gasteiger charge is -2.12. The quantitative estimate of drug-likeness (QED) is 0.519. The van der Waals surface area contributed by atoms with Crippen LogP contribution in [0, 0.1) is 0 Å². The molecule has 1 amide bonds. The Hall–Kier alpha value is -3.89. The van der Waals surface area contributed by atoms with Crippen molar-refractivity contribution in [3.05, 3.63) is 48.5 Å². The highest BCUT2D eigenvalue weighted by molar-refractivity contribution is 5.93. The number of fused-ring (bicyclic) bond motifs is 3. The smallest absolute Gasteiger partial charge is 0.406 e. The van der Waals surface area contributed by atoms with E-state index in [1.165, 1.54) is 28.8 Å². The lowest BCUT2D eigenvalue weighted by molar-refractivity contribution is -0.274. The Balaban J connectivity index is 1.58. The lowest BCUT2D eigenvalue weighted by atomic mass is 10.2. The van der Waals surface area contributed by atoms with Gasteiger partial charge in [0.2, 0.25) is 11.9 Å². The number of nitrogens with one attached hydrogen (secondary N) is 2. The van der Waals surface area contributed by atoms with Gasteiger partial charge in [-0.05, 0) is 42.8 Å². The van der Waals surface area contributed by atoms with Gasteiger partial charge in [-0.2, -0.15) is 4.52 Å². The van der Waals surface area contributed by atoms with Crippen molar-refractivity contribution in [3.8, 4) is 17.1 Å². The van der Waals surface area contributed by atoms with Gasteiger partial charge in [-0.3, -0.25) is 4.79 Å². The molecule has 1 fully saturated rings. The Labute approximate surface area is 173 Å². The van der Waals surface area contributed by atoms with Crippen LogP contribution >= 0.6 is 0 Å². The molecule has 2 N–H and O–H groups in total. The number of rotatable bonds is 4. The minimum atomic E-state index is -4.76. The average Bonchev–Trinajstić information content (AvgIpc) is 3.35. The molecule has 0 saturated carbocycles. The van der Waals surface area contributed by atoms with Crippen molar-refractivity contribution >= 4 is 28.4 Å². The topological polar surface area (TPSA) is 93.4 Å². The summed E-state index contributed by atoms with van der Waals surface area (Å²) in [5.74, 6) is 0.201. The Kier molecular flexibility index (Phi) is 4.38. The summed E-state index contributed by atoms with van der Waals surface area (Å²) in [4.78, 5) is 21.2. The number of halogens is 3. The fraction of sp³-hybridized carbons (Fsp3) is 0.200. The van der Waals surface area contributed by atoms with Crippen LogP contribution in [-0.2, 0) is 4.79 Å². The number of carbonyl (C=O) groups excluding carboxylic acids is 1. The second-order valence-corrected chi connectivity index (χ2v) is 6.97. The van der Waals surface area contributed by atoms with Crippen molar-refractivity contribution in [2.75, 3.05) is 11.9 Å². The molecule has 0 aliphatic carbocycles. The minimum Gasteiger partial charge on any atom is -0.406 e. The molecule has 1 atom stereocenters. The summed E-state index contributed by atoms with van der Waals surface area (Å²) in [6.45, 7) is 0.572. The van der Waals surface area contributed by atoms with Crippen molar-refractivity contribution in [1.82, 2.24) is 24.9 Å². The van der Waals surface area contributed by atoms with Crippen LogP contribution in [0.25, 0.3) is 27.9 Å². The first-order valence-electron chi connectivity index (χ1n) is 9.43. The number of anilines is 1. The van der Waals surface area contributed by atoms with Gasteiger partial charge in [-0.1, -0.05) is 12.1 Å². The van der Waals surface area contributed by atoms with Crippen LogP contribution in [0.4, 0.5) is 19.1 Å². The van der Waals surface area contributed by atoms with E-state index in [-0.39, 0.29) is 11.7 Å². The number of alkyl halides is 3. The van der Waals surface area contributed by atoms with Crippen molar-refractivity contribution in [1.29, 1.82) is 0 Å². The molecule has 1 aliphatic rings. The van der Waals surface area contributed by atoms with Crippen LogP contribution in [-0.4, -0.2) is 44.4 Å². The summed E-state index contributed by atoms with van der Waals surface area (Å²) in [7, 11) is 0. The molecule has 2 aromatic heterocycles. The highest BCUT2D eigenvalue weighted by atomic mass is 19.4. The molecule has 0 unspecified atom stereocenters. The lowest BCUT2D eigenvalue weighted by Crippen LogP contribution is -2.30. The molecule has 11 heteroatoms. The van der Waals surface area contributed by atoms with Crippen molar-refractivity contribution in [3.63, 3.8) is 0 Å². The van der Waals surface area contributed by atoms with E-state index in [0.29, 0.717) is 41.5 Å². The van der Waals surface area contributed by atoms with Gasteiger partial charge in [0.1, 0.15) is 11.8 Å². The molecule has 2 aromatic carbocycles. The van der Waals surface area contributed by atoms with Crippen LogP contribution in [0.15, 0.2) is 48.5 Å². The number of nitrogens with zero attached hydrogens (tertiary/aromatic N) is 4. The van der Waals surface area contributed by atoms with Gasteiger partial charge in [-0.25, -0.2) is 9.97 Å². The molecule has 158 valence electrons. The van der Waals surface area contributed by atoms with E-state index >= 15 is 0 Å². The van der Waals surface area contributed by atoms with Crippen molar-refractivity contribution < 1.29 is 22.7 Å². The zero-order chi connectivity index (χ0) is 21.6. The Morgan fingerprint density at radius 3 is 2.58 bits per heavy atom. The van der Waals surface area contributed by atoms with Crippen molar-refractivity contribution in [2.24, 2.45) is 0 Å². The fourth-order valence-electron chi connectivity index (χ4n) is 3.46. The summed E-state index contributed by atoms with van der Waals surface area (Å²) in [5, 5.41) is 11.1. The predicted octanol–water partition coefficient (Wildman–Crippen LogP) is 3.14. The van der Waals surface area contributed by atoms with Gasteiger partial charge in [0, 0.05) is 17.5 Å². The molecule has 0 spiro atoms. The summed E-state index contributed by atoms with van der Waals surface area (Å²) in [5.41, 5.74) is 1.69. The molecule has 1 saturated heterocycles. The molecule has 5 rings (SSSR count). The molecule has 31 heavy (non-hydrogen) atoms. The number of hydrogen-bond donors (Lipinski definition) is 2. The molecule has 1 aliphatic heterocycles. The molecule has 0 bridgehead atoms. The molecular weight excluding hydrogens is 413 g/mol. The second-order valence-electron chi connectivity index (χ2n) is 6.97. The van der Waals surface area contributed by atoms with E-state index in [1.54, 1.807) is 0 Å². The third-order valence-corrected chi connectivity index (χ3v) is 4.88. The number of ether oxygens (including phenoxy) is 1. The van der Waals surface area contributed by atoms with Gasteiger partial charge in [-0.15, -0.1) is 18.3 Å². The second kappa shape index (κ2) is 7.11.